The number of amides is 1. The highest BCUT2D eigenvalue weighted by Gasteiger charge is 2.60. The molecule has 0 aromatic carbocycles. The maximum Gasteiger partial charge on any atom is 0.335 e. The van der Waals surface area contributed by atoms with Crippen molar-refractivity contribution in [1.82, 2.24) is 9.80 Å². The van der Waals surface area contributed by atoms with E-state index in [1.54, 1.807) is 6.08 Å². The lowest BCUT2D eigenvalue weighted by Gasteiger charge is -2.44. The van der Waals surface area contributed by atoms with Gasteiger partial charge in [-0.1, -0.05) is 18.2 Å². The second kappa shape index (κ2) is 5.31. The summed E-state index contributed by atoms with van der Waals surface area (Å²) >= 11 is 0. The van der Waals surface area contributed by atoms with Crippen molar-refractivity contribution in [1.29, 1.82) is 0 Å². The maximum atomic E-state index is 13.0. The minimum absolute atomic E-state index is 0.0384. The number of allylic oxidation sites excluding steroid dienone is 2. The van der Waals surface area contributed by atoms with Crippen molar-refractivity contribution < 1.29 is 24.5 Å². The van der Waals surface area contributed by atoms with Crippen LogP contribution in [0.2, 0.25) is 0 Å². The lowest BCUT2D eigenvalue weighted by molar-refractivity contribution is -0.159. The first-order valence-corrected chi connectivity index (χ1v) is 9.00. The Hall–Kier alpha value is -2.38. The van der Waals surface area contributed by atoms with Gasteiger partial charge in [0, 0.05) is 37.7 Å². The largest absolute Gasteiger partial charge is 0.494 e. The molecule has 0 radical (unpaired) electrons. The summed E-state index contributed by atoms with van der Waals surface area (Å²) in [5.41, 5.74) is 1.29. The van der Waals surface area contributed by atoms with Gasteiger partial charge in [-0.3, -0.25) is 14.6 Å². The van der Waals surface area contributed by atoms with E-state index in [1.165, 1.54) is 4.90 Å². The minimum atomic E-state index is -0.946. The second-order valence-corrected chi connectivity index (χ2v) is 7.28. The van der Waals surface area contributed by atoms with Gasteiger partial charge >= 0.3 is 5.97 Å². The smallest absolute Gasteiger partial charge is 0.335 e. The lowest BCUT2D eigenvalue weighted by Crippen LogP contribution is -2.57. The van der Waals surface area contributed by atoms with Gasteiger partial charge in [-0.05, 0) is 23.6 Å². The molecule has 1 spiro atoms. The Bertz CT molecular complexity index is 839. The first-order valence-electron chi connectivity index (χ1n) is 9.00. The summed E-state index contributed by atoms with van der Waals surface area (Å²) in [6.07, 6.45) is 7.86. The van der Waals surface area contributed by atoms with Gasteiger partial charge in [0.1, 0.15) is 6.61 Å². The molecule has 0 aromatic heterocycles. The first-order chi connectivity index (χ1) is 12.6. The third kappa shape index (κ3) is 1.74. The summed E-state index contributed by atoms with van der Waals surface area (Å²) in [5.74, 6) is -1.08. The normalized spacial score (nSPS) is 35.0. The number of cyclic esters (lactones) is 1. The van der Waals surface area contributed by atoms with Crippen LogP contribution in [0.1, 0.15) is 6.42 Å². The molecular formula is C19H20N2O5. The summed E-state index contributed by atoms with van der Waals surface area (Å²) in [7, 11) is 0. The number of hydrogen-bond donors (Lipinski definition) is 2. The lowest BCUT2D eigenvalue weighted by atomic mass is 9.68. The molecule has 2 saturated heterocycles. The molecule has 1 amide bonds. The zero-order valence-corrected chi connectivity index (χ0v) is 14.2. The van der Waals surface area contributed by atoms with E-state index in [4.69, 9.17) is 9.84 Å². The van der Waals surface area contributed by atoms with E-state index >= 15 is 0 Å². The molecule has 7 nitrogen and oxygen atoms in total. The fraction of sp³-hybridized carbons (Fsp3) is 0.474. The Morgan fingerprint density at radius 1 is 1.31 bits per heavy atom. The van der Waals surface area contributed by atoms with Crippen LogP contribution in [0, 0.1) is 11.8 Å². The number of aliphatic hydroxyl groups excluding tert-OH is 2. The van der Waals surface area contributed by atoms with Crippen LogP contribution in [0.5, 0.6) is 0 Å². The predicted octanol–water partition coefficient (Wildman–Crippen LogP) is 0.260. The number of rotatable bonds is 3. The van der Waals surface area contributed by atoms with E-state index in [2.05, 4.69) is 4.90 Å². The van der Waals surface area contributed by atoms with E-state index in [0.717, 1.165) is 11.1 Å². The zero-order valence-electron chi connectivity index (χ0n) is 14.2. The van der Waals surface area contributed by atoms with Gasteiger partial charge in [-0.2, -0.15) is 0 Å². The molecule has 2 fully saturated rings. The molecule has 5 rings (SSSR count). The molecule has 136 valence electrons. The monoisotopic (exact) mass is 356 g/mol. The molecule has 0 bridgehead atoms. The van der Waals surface area contributed by atoms with Gasteiger partial charge in [-0.15, -0.1) is 0 Å². The maximum absolute atomic E-state index is 13.0. The Kier molecular flexibility index (Phi) is 3.24. The van der Waals surface area contributed by atoms with Crippen molar-refractivity contribution in [3.8, 4) is 0 Å². The Labute approximate surface area is 150 Å². The van der Waals surface area contributed by atoms with Crippen LogP contribution in [0.4, 0.5) is 0 Å². The number of aliphatic hydroxyl groups is 2. The third-order valence-electron chi connectivity index (χ3n) is 6.09. The van der Waals surface area contributed by atoms with E-state index in [1.807, 2.05) is 18.2 Å². The molecule has 0 aromatic rings. The number of hydrogen-bond acceptors (Lipinski definition) is 6. The molecule has 2 aliphatic carbocycles. The number of nitrogens with zero attached hydrogens (tertiary/aromatic N) is 2. The number of ether oxygens (including phenoxy) is 1. The molecule has 2 N–H and O–H groups in total. The van der Waals surface area contributed by atoms with E-state index in [-0.39, 0.29) is 36.8 Å². The van der Waals surface area contributed by atoms with Crippen molar-refractivity contribution in [2.45, 2.75) is 12.0 Å². The van der Waals surface area contributed by atoms with Gasteiger partial charge < -0.3 is 14.9 Å². The van der Waals surface area contributed by atoms with Crippen molar-refractivity contribution in [2.24, 2.45) is 11.8 Å². The van der Waals surface area contributed by atoms with E-state index in [0.29, 0.717) is 31.7 Å². The summed E-state index contributed by atoms with van der Waals surface area (Å²) in [6, 6.07) is 0. The summed E-state index contributed by atoms with van der Waals surface area (Å²) in [4.78, 5) is 29.2. The van der Waals surface area contributed by atoms with Gasteiger partial charge in [0.15, 0.2) is 5.54 Å². The fourth-order valence-corrected chi connectivity index (χ4v) is 5.00. The highest BCUT2D eigenvalue weighted by Crippen LogP contribution is 2.53. The molecule has 3 unspecified atom stereocenters. The van der Waals surface area contributed by atoms with Crippen molar-refractivity contribution in [2.75, 3.05) is 32.8 Å². The van der Waals surface area contributed by atoms with Crippen LogP contribution in [-0.2, 0) is 14.3 Å². The van der Waals surface area contributed by atoms with Gasteiger partial charge in [0.2, 0.25) is 11.8 Å². The molecule has 3 heterocycles. The van der Waals surface area contributed by atoms with Crippen molar-refractivity contribution >= 4 is 11.9 Å². The number of carbonyl (C=O) groups is 2. The molecule has 0 saturated carbocycles. The van der Waals surface area contributed by atoms with Gasteiger partial charge in [-0.25, -0.2) is 4.79 Å². The van der Waals surface area contributed by atoms with Crippen molar-refractivity contribution in [3.63, 3.8) is 0 Å². The SMILES string of the molecule is O=C1C2C=CC3CN4CCOC(=O)C45C=CC(=C(O)N1CCCO)C2=C35. The van der Waals surface area contributed by atoms with Crippen molar-refractivity contribution in [3.05, 3.63) is 46.9 Å². The number of carbonyl (C=O) groups excluding carboxylic acids is 2. The average Bonchev–Trinajstić information content (AvgIpc) is 2.99. The molecule has 26 heavy (non-hydrogen) atoms. The quantitative estimate of drug-likeness (QED) is 0.557. The van der Waals surface area contributed by atoms with E-state index < -0.39 is 11.5 Å². The van der Waals surface area contributed by atoms with Gasteiger partial charge in [0.25, 0.3) is 0 Å². The van der Waals surface area contributed by atoms with Crippen LogP contribution in [-0.4, -0.2) is 70.3 Å². The molecular weight excluding hydrogens is 336 g/mol. The Morgan fingerprint density at radius 2 is 2.15 bits per heavy atom. The second-order valence-electron chi connectivity index (χ2n) is 7.28. The minimum Gasteiger partial charge on any atom is -0.494 e. The van der Waals surface area contributed by atoms with Crippen LogP contribution < -0.4 is 0 Å². The zero-order chi connectivity index (χ0) is 18.1. The number of morpholine rings is 1. The topological polar surface area (TPSA) is 90.3 Å². The molecule has 3 aliphatic heterocycles. The Morgan fingerprint density at radius 3 is 2.96 bits per heavy atom. The molecule has 5 aliphatic rings. The summed E-state index contributed by atoms with van der Waals surface area (Å²) < 4.78 is 5.38. The first kappa shape index (κ1) is 15.8. The molecule has 7 heteroatoms. The predicted molar refractivity (Wildman–Crippen MR) is 90.6 cm³/mol. The van der Waals surface area contributed by atoms with Crippen LogP contribution in [0.25, 0.3) is 0 Å². The highest BCUT2D eigenvalue weighted by atomic mass is 16.5. The summed E-state index contributed by atoms with van der Waals surface area (Å²) in [6.45, 7) is 1.94. The average molecular weight is 356 g/mol. The van der Waals surface area contributed by atoms with Gasteiger partial charge in [0.05, 0.1) is 5.92 Å². The van der Waals surface area contributed by atoms with Crippen LogP contribution in [0.3, 0.4) is 0 Å². The van der Waals surface area contributed by atoms with Crippen LogP contribution in [0.15, 0.2) is 46.9 Å². The molecule has 3 atom stereocenters. The fourth-order valence-electron chi connectivity index (χ4n) is 5.00. The summed E-state index contributed by atoms with van der Waals surface area (Å²) in [5, 5.41) is 19.8. The highest BCUT2D eigenvalue weighted by molar-refractivity contribution is 5.96. The number of esters is 1. The standard InChI is InChI=1S/C19H20N2O5/c22-8-1-6-21-16(23)12-3-2-11-10-20-7-9-26-18(25)19(20)5-4-13(17(21)24)14(12)15(11)19/h2-5,11-12,22,24H,1,6-10H2. The Balaban J connectivity index is 1.71. The van der Waals surface area contributed by atoms with Crippen LogP contribution >= 0.6 is 0 Å². The third-order valence-corrected chi connectivity index (χ3v) is 6.09. The van der Waals surface area contributed by atoms with E-state index in [9.17, 15) is 14.7 Å².